The molecule has 0 aliphatic heterocycles. The molecule has 3 nitrogen and oxygen atoms in total. The first kappa shape index (κ1) is 15.0. The molecule has 0 saturated heterocycles. The molecule has 0 saturated carbocycles. The van der Waals surface area contributed by atoms with Crippen molar-refractivity contribution in [2.45, 2.75) is 39.3 Å². The SMILES string of the molecule is Cc1c(Cl)nc(C(C)(C)C)nc1NCC(F)(F)F. The van der Waals surface area contributed by atoms with Gasteiger partial charge in [0.2, 0.25) is 0 Å². The lowest BCUT2D eigenvalue weighted by molar-refractivity contribution is -0.115. The zero-order valence-corrected chi connectivity index (χ0v) is 11.4. The lowest BCUT2D eigenvalue weighted by atomic mass is 9.95. The third kappa shape index (κ3) is 4.01. The number of anilines is 1. The predicted octanol–water partition coefficient (Wildman–Crippen LogP) is 3.71. The first-order valence-corrected chi connectivity index (χ1v) is 5.74. The van der Waals surface area contributed by atoms with Gasteiger partial charge < -0.3 is 5.32 Å². The summed E-state index contributed by atoms with van der Waals surface area (Å²) in [6.07, 6.45) is -4.30. The van der Waals surface area contributed by atoms with Crippen LogP contribution in [0.5, 0.6) is 0 Å². The summed E-state index contributed by atoms with van der Waals surface area (Å²) in [5, 5.41) is 2.41. The smallest absolute Gasteiger partial charge is 0.361 e. The Bertz CT molecular complexity index is 438. The number of hydrogen-bond acceptors (Lipinski definition) is 3. The van der Waals surface area contributed by atoms with E-state index in [1.165, 1.54) is 0 Å². The van der Waals surface area contributed by atoms with Crippen LogP contribution in [-0.4, -0.2) is 22.7 Å². The lowest BCUT2D eigenvalue weighted by Gasteiger charge is -2.19. The van der Waals surface area contributed by atoms with E-state index in [0.29, 0.717) is 11.4 Å². The topological polar surface area (TPSA) is 37.8 Å². The van der Waals surface area contributed by atoms with Crippen LogP contribution in [-0.2, 0) is 5.41 Å². The summed E-state index contributed by atoms with van der Waals surface area (Å²) in [4.78, 5) is 8.18. The summed E-state index contributed by atoms with van der Waals surface area (Å²) in [6, 6.07) is 0. The standard InChI is InChI=1S/C11H15ClF3N3/c1-6-7(12)17-9(10(2,3)4)18-8(6)16-5-11(13,14)15/h5H2,1-4H3,(H,16,17,18). The van der Waals surface area contributed by atoms with Gasteiger partial charge >= 0.3 is 6.18 Å². The number of alkyl halides is 3. The summed E-state index contributed by atoms with van der Waals surface area (Å²) < 4.78 is 36.5. The second-order valence-corrected chi connectivity index (χ2v) is 5.39. The van der Waals surface area contributed by atoms with Crippen molar-refractivity contribution in [3.63, 3.8) is 0 Å². The first-order valence-electron chi connectivity index (χ1n) is 5.36. The van der Waals surface area contributed by atoms with Crippen LogP contribution in [0.3, 0.4) is 0 Å². The molecule has 0 aliphatic rings. The van der Waals surface area contributed by atoms with E-state index in [0.717, 1.165) is 0 Å². The first-order chi connectivity index (χ1) is 8.00. The van der Waals surface area contributed by atoms with E-state index in [9.17, 15) is 13.2 Å². The Morgan fingerprint density at radius 2 is 1.72 bits per heavy atom. The summed E-state index contributed by atoms with van der Waals surface area (Å²) in [5.41, 5.74) is 0.0281. The van der Waals surface area contributed by atoms with Gasteiger partial charge in [0.25, 0.3) is 0 Å². The third-order valence-electron chi connectivity index (χ3n) is 2.21. The molecule has 0 unspecified atom stereocenters. The van der Waals surface area contributed by atoms with Crippen molar-refractivity contribution in [2.75, 3.05) is 11.9 Å². The Labute approximate surface area is 109 Å². The number of hydrogen-bond donors (Lipinski definition) is 1. The largest absolute Gasteiger partial charge is 0.405 e. The number of aromatic nitrogens is 2. The van der Waals surface area contributed by atoms with Gasteiger partial charge in [0.05, 0.1) is 0 Å². The van der Waals surface area contributed by atoms with Crippen molar-refractivity contribution < 1.29 is 13.2 Å². The van der Waals surface area contributed by atoms with E-state index < -0.39 is 12.7 Å². The van der Waals surface area contributed by atoms with E-state index in [-0.39, 0.29) is 16.4 Å². The minimum absolute atomic E-state index is 0.122. The van der Waals surface area contributed by atoms with E-state index in [4.69, 9.17) is 11.6 Å². The summed E-state index contributed by atoms with van der Waals surface area (Å²) in [7, 11) is 0. The normalized spacial score (nSPS) is 12.7. The van der Waals surface area contributed by atoms with E-state index in [1.807, 2.05) is 20.8 Å². The van der Waals surface area contributed by atoms with Gasteiger partial charge in [-0.15, -0.1) is 0 Å². The van der Waals surface area contributed by atoms with Crippen LogP contribution in [0.25, 0.3) is 0 Å². The van der Waals surface area contributed by atoms with Gasteiger partial charge in [-0.2, -0.15) is 13.2 Å². The monoisotopic (exact) mass is 281 g/mol. The average Bonchev–Trinajstić information content (AvgIpc) is 2.17. The third-order valence-corrected chi connectivity index (χ3v) is 2.58. The minimum atomic E-state index is -4.30. The van der Waals surface area contributed by atoms with Crippen LogP contribution in [0.4, 0.5) is 19.0 Å². The number of rotatable bonds is 2. The molecular formula is C11H15ClF3N3. The molecule has 7 heteroatoms. The molecular weight excluding hydrogens is 267 g/mol. The Morgan fingerprint density at radius 3 is 2.17 bits per heavy atom. The fourth-order valence-corrected chi connectivity index (χ4v) is 1.35. The average molecular weight is 282 g/mol. The number of halogens is 4. The van der Waals surface area contributed by atoms with Gasteiger partial charge in [-0.3, -0.25) is 0 Å². The van der Waals surface area contributed by atoms with Gasteiger partial charge in [0.1, 0.15) is 23.3 Å². The van der Waals surface area contributed by atoms with Gasteiger partial charge in [-0.25, -0.2) is 9.97 Å². The molecule has 18 heavy (non-hydrogen) atoms. The second kappa shape index (κ2) is 4.91. The molecule has 0 radical (unpaired) electrons. The zero-order chi connectivity index (χ0) is 14.1. The van der Waals surface area contributed by atoms with Crippen LogP contribution >= 0.6 is 11.6 Å². The summed E-state index contributed by atoms with van der Waals surface area (Å²) >= 11 is 5.90. The highest BCUT2D eigenvalue weighted by atomic mass is 35.5. The number of nitrogens with zero attached hydrogens (tertiary/aromatic N) is 2. The summed E-state index contributed by atoms with van der Waals surface area (Å²) in [6.45, 7) is 6.02. The van der Waals surface area contributed by atoms with Crippen molar-refractivity contribution in [1.29, 1.82) is 0 Å². The molecule has 102 valence electrons. The van der Waals surface area contributed by atoms with Crippen LogP contribution in [0, 0.1) is 6.92 Å². The van der Waals surface area contributed by atoms with Crippen LogP contribution in [0.1, 0.15) is 32.2 Å². The fraction of sp³-hybridized carbons (Fsp3) is 0.636. The van der Waals surface area contributed by atoms with Gasteiger partial charge in [0, 0.05) is 11.0 Å². The van der Waals surface area contributed by atoms with Crippen molar-refractivity contribution in [3.05, 3.63) is 16.5 Å². The fourth-order valence-electron chi connectivity index (χ4n) is 1.18. The van der Waals surface area contributed by atoms with Crippen LogP contribution in [0.2, 0.25) is 5.15 Å². The Morgan fingerprint density at radius 1 is 1.17 bits per heavy atom. The maximum atomic E-state index is 12.2. The Hall–Kier alpha value is -1.04. The van der Waals surface area contributed by atoms with Gasteiger partial charge in [-0.1, -0.05) is 32.4 Å². The highest BCUT2D eigenvalue weighted by Gasteiger charge is 2.28. The lowest BCUT2D eigenvalue weighted by Crippen LogP contribution is -2.24. The number of nitrogens with one attached hydrogen (secondary N) is 1. The predicted molar refractivity (Wildman–Crippen MR) is 65.0 cm³/mol. The maximum Gasteiger partial charge on any atom is 0.405 e. The van der Waals surface area contributed by atoms with Gasteiger partial charge in [-0.05, 0) is 6.92 Å². The Balaban J connectivity index is 3.07. The summed E-state index contributed by atoms with van der Waals surface area (Å²) in [5.74, 6) is 0.528. The second-order valence-electron chi connectivity index (χ2n) is 5.03. The molecule has 1 aromatic heterocycles. The van der Waals surface area contributed by atoms with Crippen LogP contribution in [0.15, 0.2) is 0 Å². The van der Waals surface area contributed by atoms with Crippen LogP contribution < -0.4 is 5.32 Å². The van der Waals surface area contributed by atoms with E-state index >= 15 is 0 Å². The molecule has 0 spiro atoms. The van der Waals surface area contributed by atoms with Crippen molar-refractivity contribution >= 4 is 17.4 Å². The molecule has 0 atom stereocenters. The van der Waals surface area contributed by atoms with Crippen molar-refractivity contribution in [1.82, 2.24) is 9.97 Å². The molecule has 1 aromatic rings. The Kier molecular flexibility index (Phi) is 4.10. The molecule has 1 N–H and O–H groups in total. The highest BCUT2D eigenvalue weighted by Crippen LogP contribution is 2.26. The minimum Gasteiger partial charge on any atom is -0.361 e. The molecule has 0 bridgehead atoms. The highest BCUT2D eigenvalue weighted by molar-refractivity contribution is 6.30. The molecule has 0 aromatic carbocycles. The molecule has 0 aliphatic carbocycles. The van der Waals surface area contributed by atoms with E-state index in [2.05, 4.69) is 15.3 Å². The quantitative estimate of drug-likeness (QED) is 0.840. The van der Waals surface area contributed by atoms with E-state index in [1.54, 1.807) is 6.92 Å². The van der Waals surface area contributed by atoms with Crippen molar-refractivity contribution in [3.8, 4) is 0 Å². The van der Waals surface area contributed by atoms with Gasteiger partial charge in [0.15, 0.2) is 0 Å². The zero-order valence-electron chi connectivity index (χ0n) is 10.6. The molecule has 1 rings (SSSR count). The molecule has 0 fully saturated rings. The molecule has 0 amide bonds. The molecule has 1 heterocycles. The maximum absolute atomic E-state index is 12.2. The van der Waals surface area contributed by atoms with Crippen molar-refractivity contribution in [2.24, 2.45) is 0 Å².